The molecule has 4 nitrogen and oxygen atoms in total. The Morgan fingerprint density at radius 2 is 2.29 bits per heavy atom. The van der Waals surface area contributed by atoms with E-state index in [0.717, 1.165) is 5.56 Å². The van der Waals surface area contributed by atoms with E-state index in [1.807, 2.05) is 19.1 Å². The van der Waals surface area contributed by atoms with E-state index >= 15 is 0 Å². The smallest absolute Gasteiger partial charge is 0.222 e. The van der Waals surface area contributed by atoms with Crippen LogP contribution in [0, 0.1) is 6.92 Å². The van der Waals surface area contributed by atoms with E-state index in [4.69, 9.17) is 12.2 Å². The summed E-state index contributed by atoms with van der Waals surface area (Å²) >= 11 is 4.87. The summed E-state index contributed by atoms with van der Waals surface area (Å²) in [7, 11) is 0. The molecule has 0 spiro atoms. The Morgan fingerprint density at radius 3 is 2.86 bits per heavy atom. The Kier molecular flexibility index (Phi) is 3.53. The molecule has 0 bridgehead atoms. The van der Waals surface area contributed by atoms with Crippen LogP contribution in [0.1, 0.15) is 12.5 Å². The summed E-state index contributed by atoms with van der Waals surface area (Å²) in [6.07, 6.45) is 1.67. The maximum atomic E-state index is 10.7. The van der Waals surface area contributed by atoms with E-state index < -0.39 is 0 Å². The van der Waals surface area contributed by atoms with Crippen molar-refractivity contribution < 1.29 is 4.79 Å². The van der Waals surface area contributed by atoms with E-state index in [2.05, 4.69) is 15.6 Å². The summed E-state index contributed by atoms with van der Waals surface area (Å²) < 4.78 is 0. The number of carbonyl (C=O) groups excluding carboxylic acids is 1. The maximum Gasteiger partial charge on any atom is 0.222 e. The summed E-state index contributed by atoms with van der Waals surface area (Å²) in [5, 5.41) is 5.51. The van der Waals surface area contributed by atoms with Crippen LogP contribution in [0.25, 0.3) is 0 Å². The molecule has 0 saturated carbocycles. The van der Waals surface area contributed by atoms with Crippen molar-refractivity contribution in [1.82, 2.24) is 10.3 Å². The van der Waals surface area contributed by atoms with Crippen LogP contribution in [-0.4, -0.2) is 16.0 Å². The SMILES string of the molecule is CC(=O)NC(=S)Nc1cc(C)ccn1. The van der Waals surface area contributed by atoms with Gasteiger partial charge in [0.1, 0.15) is 5.82 Å². The van der Waals surface area contributed by atoms with Gasteiger partial charge in [0.05, 0.1) is 0 Å². The van der Waals surface area contributed by atoms with Crippen LogP contribution in [0.2, 0.25) is 0 Å². The predicted octanol–water partition coefficient (Wildman–Crippen LogP) is 1.22. The van der Waals surface area contributed by atoms with Crippen molar-refractivity contribution in [3.05, 3.63) is 23.9 Å². The van der Waals surface area contributed by atoms with Gasteiger partial charge in [-0.15, -0.1) is 0 Å². The van der Waals surface area contributed by atoms with Gasteiger partial charge < -0.3 is 10.6 Å². The van der Waals surface area contributed by atoms with E-state index in [9.17, 15) is 4.79 Å². The van der Waals surface area contributed by atoms with Crippen molar-refractivity contribution in [3.63, 3.8) is 0 Å². The van der Waals surface area contributed by atoms with Gasteiger partial charge in [0.15, 0.2) is 5.11 Å². The average Bonchev–Trinajstić information content (AvgIpc) is 2.01. The third-order valence-electron chi connectivity index (χ3n) is 1.45. The molecule has 0 radical (unpaired) electrons. The third-order valence-corrected chi connectivity index (χ3v) is 1.65. The summed E-state index contributed by atoms with van der Waals surface area (Å²) in [6, 6.07) is 3.72. The molecule has 0 atom stereocenters. The monoisotopic (exact) mass is 209 g/mol. The number of thiocarbonyl (C=S) groups is 1. The molecule has 0 saturated heterocycles. The van der Waals surface area contributed by atoms with Gasteiger partial charge in [-0.25, -0.2) is 4.98 Å². The molecule has 74 valence electrons. The van der Waals surface area contributed by atoms with E-state index in [0.29, 0.717) is 5.82 Å². The van der Waals surface area contributed by atoms with E-state index in [-0.39, 0.29) is 11.0 Å². The first kappa shape index (κ1) is 10.6. The Labute approximate surface area is 87.7 Å². The highest BCUT2D eigenvalue weighted by Gasteiger charge is 1.99. The lowest BCUT2D eigenvalue weighted by Crippen LogP contribution is -2.32. The molecule has 1 heterocycles. The first-order valence-corrected chi connectivity index (χ1v) is 4.50. The zero-order valence-electron chi connectivity index (χ0n) is 8.00. The molecule has 14 heavy (non-hydrogen) atoms. The van der Waals surface area contributed by atoms with Crippen molar-refractivity contribution in [1.29, 1.82) is 0 Å². The third kappa shape index (κ3) is 3.49. The highest BCUT2D eigenvalue weighted by atomic mass is 32.1. The molecule has 0 fully saturated rings. The molecule has 0 aromatic carbocycles. The normalized spacial score (nSPS) is 9.29. The van der Waals surface area contributed by atoms with Crippen molar-refractivity contribution in [2.45, 2.75) is 13.8 Å². The lowest BCUT2D eigenvalue weighted by Gasteiger charge is -2.06. The van der Waals surface area contributed by atoms with Crippen LogP contribution in [0.3, 0.4) is 0 Å². The highest BCUT2D eigenvalue weighted by molar-refractivity contribution is 7.80. The minimum absolute atomic E-state index is 0.199. The lowest BCUT2D eigenvalue weighted by molar-refractivity contribution is -0.117. The minimum Gasteiger partial charge on any atom is -0.317 e. The van der Waals surface area contributed by atoms with Gasteiger partial charge >= 0.3 is 0 Å². The fourth-order valence-corrected chi connectivity index (χ4v) is 1.16. The zero-order chi connectivity index (χ0) is 10.6. The van der Waals surface area contributed by atoms with Crippen molar-refractivity contribution in [2.75, 3.05) is 5.32 Å². The van der Waals surface area contributed by atoms with Gasteiger partial charge in [-0.2, -0.15) is 0 Å². The van der Waals surface area contributed by atoms with Crippen molar-refractivity contribution in [2.24, 2.45) is 0 Å². The highest BCUT2D eigenvalue weighted by Crippen LogP contribution is 2.04. The minimum atomic E-state index is -0.199. The fraction of sp³-hybridized carbons (Fsp3) is 0.222. The van der Waals surface area contributed by atoms with Crippen molar-refractivity contribution in [3.8, 4) is 0 Å². The van der Waals surface area contributed by atoms with Crippen LogP contribution in [0.4, 0.5) is 5.82 Å². The van der Waals surface area contributed by atoms with Gasteiger partial charge in [0, 0.05) is 13.1 Å². The number of carbonyl (C=O) groups is 1. The summed E-state index contributed by atoms with van der Waals surface area (Å²) in [4.78, 5) is 14.7. The molecule has 2 N–H and O–H groups in total. The number of aryl methyl sites for hydroxylation is 1. The van der Waals surface area contributed by atoms with Crippen LogP contribution >= 0.6 is 12.2 Å². The van der Waals surface area contributed by atoms with E-state index in [1.165, 1.54) is 6.92 Å². The molecule has 0 aliphatic heterocycles. The number of rotatable bonds is 1. The Bertz CT molecular complexity index is 365. The van der Waals surface area contributed by atoms with E-state index in [1.54, 1.807) is 6.20 Å². The number of nitrogens with one attached hydrogen (secondary N) is 2. The molecule has 1 rings (SSSR count). The number of amides is 1. The molecule has 5 heteroatoms. The Hall–Kier alpha value is -1.49. The largest absolute Gasteiger partial charge is 0.317 e. The van der Waals surface area contributed by atoms with Crippen LogP contribution in [0.5, 0.6) is 0 Å². The number of anilines is 1. The van der Waals surface area contributed by atoms with Gasteiger partial charge in [0.25, 0.3) is 0 Å². The second-order valence-corrected chi connectivity index (χ2v) is 3.26. The lowest BCUT2D eigenvalue weighted by atomic mass is 10.3. The number of aromatic nitrogens is 1. The Morgan fingerprint density at radius 1 is 1.57 bits per heavy atom. The van der Waals surface area contributed by atoms with Crippen LogP contribution in [-0.2, 0) is 4.79 Å². The van der Waals surface area contributed by atoms with Gasteiger partial charge in [-0.05, 0) is 36.8 Å². The standard InChI is InChI=1S/C9H11N3OS/c1-6-3-4-10-8(5-6)12-9(14)11-7(2)13/h3-5H,1-2H3,(H2,10,11,12,13,14). The predicted molar refractivity (Wildman–Crippen MR) is 59.0 cm³/mol. The number of hydrogen-bond acceptors (Lipinski definition) is 3. The van der Waals surface area contributed by atoms with Gasteiger partial charge in [0.2, 0.25) is 5.91 Å². The molecule has 0 unspecified atom stereocenters. The fourth-order valence-electron chi connectivity index (χ4n) is 0.912. The molecule has 0 aliphatic carbocycles. The molecule has 1 aromatic heterocycles. The maximum absolute atomic E-state index is 10.7. The van der Waals surface area contributed by atoms with Crippen LogP contribution < -0.4 is 10.6 Å². The molecular formula is C9H11N3OS. The number of pyridine rings is 1. The summed E-state index contributed by atoms with van der Waals surface area (Å²) in [5.41, 5.74) is 1.08. The zero-order valence-corrected chi connectivity index (χ0v) is 8.81. The number of hydrogen-bond donors (Lipinski definition) is 2. The Balaban J connectivity index is 2.60. The summed E-state index contributed by atoms with van der Waals surface area (Å²) in [5.74, 6) is 0.430. The van der Waals surface area contributed by atoms with Crippen molar-refractivity contribution >= 4 is 29.1 Å². The number of nitrogens with zero attached hydrogens (tertiary/aromatic N) is 1. The van der Waals surface area contributed by atoms with Crippen LogP contribution in [0.15, 0.2) is 18.3 Å². The molecule has 1 amide bonds. The first-order valence-electron chi connectivity index (χ1n) is 4.09. The quantitative estimate of drug-likeness (QED) is 0.683. The second kappa shape index (κ2) is 4.66. The van der Waals surface area contributed by atoms with Gasteiger partial charge in [-0.1, -0.05) is 0 Å². The first-order chi connectivity index (χ1) is 6.58. The topological polar surface area (TPSA) is 54.0 Å². The molecule has 1 aromatic rings. The second-order valence-electron chi connectivity index (χ2n) is 2.85. The van der Waals surface area contributed by atoms with Gasteiger partial charge in [-0.3, -0.25) is 4.79 Å². The summed E-state index contributed by atoms with van der Waals surface area (Å²) in [6.45, 7) is 3.35. The average molecular weight is 209 g/mol. The molecular weight excluding hydrogens is 198 g/mol. The molecule has 0 aliphatic rings.